The summed E-state index contributed by atoms with van der Waals surface area (Å²) < 4.78 is 11.4. The van der Waals surface area contributed by atoms with Gasteiger partial charge in [-0.25, -0.2) is 0 Å². The summed E-state index contributed by atoms with van der Waals surface area (Å²) >= 11 is 0. The molecule has 2 N–H and O–H groups in total. The summed E-state index contributed by atoms with van der Waals surface area (Å²) in [5, 5.41) is 1.86. The first-order chi connectivity index (χ1) is 10.3. The highest BCUT2D eigenvalue weighted by Crippen LogP contribution is 2.29. The smallest absolute Gasteiger partial charge is 0.127 e. The van der Waals surface area contributed by atoms with Crippen LogP contribution in [0.15, 0.2) is 60.9 Å². The lowest BCUT2D eigenvalue weighted by molar-refractivity contribution is 0.219. The first kappa shape index (κ1) is 13.2. The average molecular weight is 280 g/mol. The Morgan fingerprint density at radius 3 is 2.52 bits per heavy atom. The van der Waals surface area contributed by atoms with Crippen molar-refractivity contribution in [1.82, 2.24) is 4.98 Å². The van der Waals surface area contributed by atoms with Crippen molar-refractivity contribution in [2.24, 2.45) is 0 Å². The van der Waals surface area contributed by atoms with Crippen LogP contribution in [-0.2, 0) is 0 Å². The second-order valence-electron chi connectivity index (χ2n) is 4.58. The normalized spacial score (nSPS) is 10.5. The average Bonchev–Trinajstić information content (AvgIpc) is 2.55. The van der Waals surface area contributed by atoms with Crippen molar-refractivity contribution in [2.75, 3.05) is 18.9 Å². The zero-order valence-corrected chi connectivity index (χ0v) is 11.5. The van der Waals surface area contributed by atoms with Gasteiger partial charge >= 0.3 is 0 Å². The summed E-state index contributed by atoms with van der Waals surface area (Å²) in [6, 6.07) is 15.3. The molecule has 0 bridgehead atoms. The van der Waals surface area contributed by atoms with Crippen LogP contribution in [-0.4, -0.2) is 18.2 Å². The minimum absolute atomic E-state index is 0.468. The molecule has 0 spiro atoms. The molecular formula is C17H16N2O2. The van der Waals surface area contributed by atoms with Gasteiger partial charge < -0.3 is 15.2 Å². The maximum absolute atomic E-state index is 5.94. The van der Waals surface area contributed by atoms with Gasteiger partial charge in [-0.2, -0.15) is 0 Å². The van der Waals surface area contributed by atoms with Crippen LogP contribution in [0.2, 0.25) is 0 Å². The Balaban J connectivity index is 1.65. The molecular weight excluding hydrogens is 264 g/mol. The standard InChI is InChI=1S/C17H16N2O2/c18-16-6-7-17(14-8-9-19-12-15(14)16)21-11-10-20-13-4-2-1-3-5-13/h1-9,12H,10-11,18H2. The maximum Gasteiger partial charge on any atom is 0.127 e. The number of nitrogen functional groups attached to an aromatic ring is 1. The molecule has 106 valence electrons. The second-order valence-corrected chi connectivity index (χ2v) is 4.58. The molecule has 0 radical (unpaired) electrons. The van der Waals surface area contributed by atoms with Crippen molar-refractivity contribution >= 4 is 16.5 Å². The lowest BCUT2D eigenvalue weighted by Gasteiger charge is -2.11. The highest BCUT2D eigenvalue weighted by molar-refractivity contribution is 5.96. The van der Waals surface area contributed by atoms with Crippen molar-refractivity contribution < 1.29 is 9.47 Å². The fourth-order valence-corrected chi connectivity index (χ4v) is 2.14. The van der Waals surface area contributed by atoms with E-state index in [2.05, 4.69) is 4.98 Å². The highest BCUT2D eigenvalue weighted by Gasteiger charge is 2.05. The van der Waals surface area contributed by atoms with Crippen LogP contribution in [0.1, 0.15) is 0 Å². The van der Waals surface area contributed by atoms with Crippen molar-refractivity contribution in [3.05, 3.63) is 60.9 Å². The Labute approximate surface area is 123 Å². The number of benzene rings is 2. The Bertz CT molecular complexity index is 729. The SMILES string of the molecule is Nc1ccc(OCCOc2ccccc2)c2ccncc12. The number of nitrogens with zero attached hydrogens (tertiary/aromatic N) is 1. The van der Waals surface area contributed by atoms with Crippen molar-refractivity contribution in [1.29, 1.82) is 0 Å². The molecule has 0 saturated carbocycles. The number of hydrogen-bond donors (Lipinski definition) is 1. The zero-order valence-electron chi connectivity index (χ0n) is 11.5. The Morgan fingerprint density at radius 1 is 0.857 bits per heavy atom. The maximum atomic E-state index is 5.94. The van der Waals surface area contributed by atoms with Gasteiger partial charge in [0, 0.05) is 28.9 Å². The monoisotopic (exact) mass is 280 g/mol. The predicted octanol–water partition coefficient (Wildman–Crippen LogP) is 3.27. The topological polar surface area (TPSA) is 57.4 Å². The molecule has 1 heterocycles. The first-order valence-corrected chi connectivity index (χ1v) is 6.77. The van der Waals surface area contributed by atoms with Crippen molar-refractivity contribution in [2.45, 2.75) is 0 Å². The van der Waals surface area contributed by atoms with E-state index in [1.54, 1.807) is 12.4 Å². The molecule has 3 rings (SSSR count). The van der Waals surface area contributed by atoms with Crippen LogP contribution in [0.5, 0.6) is 11.5 Å². The number of nitrogens with two attached hydrogens (primary N) is 1. The fraction of sp³-hybridized carbons (Fsp3) is 0.118. The number of anilines is 1. The van der Waals surface area contributed by atoms with Gasteiger partial charge in [0.05, 0.1) is 0 Å². The molecule has 0 saturated heterocycles. The molecule has 3 aromatic rings. The van der Waals surface area contributed by atoms with Gasteiger partial charge in [0.2, 0.25) is 0 Å². The quantitative estimate of drug-likeness (QED) is 0.575. The molecule has 0 unspecified atom stereocenters. The van der Waals surface area contributed by atoms with Crippen LogP contribution < -0.4 is 15.2 Å². The van der Waals surface area contributed by atoms with Crippen LogP contribution >= 0.6 is 0 Å². The molecule has 0 fully saturated rings. The summed E-state index contributed by atoms with van der Waals surface area (Å²) in [4.78, 5) is 4.09. The molecule has 0 aliphatic rings. The van der Waals surface area contributed by atoms with Gasteiger partial charge in [0.15, 0.2) is 0 Å². The fourth-order valence-electron chi connectivity index (χ4n) is 2.14. The number of hydrogen-bond acceptors (Lipinski definition) is 4. The van der Waals surface area contributed by atoms with E-state index in [4.69, 9.17) is 15.2 Å². The lowest BCUT2D eigenvalue weighted by atomic mass is 10.1. The largest absolute Gasteiger partial charge is 0.490 e. The number of para-hydroxylation sites is 1. The second kappa shape index (κ2) is 6.13. The lowest BCUT2D eigenvalue weighted by Crippen LogP contribution is -2.09. The van der Waals surface area contributed by atoms with E-state index in [-0.39, 0.29) is 0 Å². The van der Waals surface area contributed by atoms with Crippen LogP contribution in [0.4, 0.5) is 5.69 Å². The molecule has 1 aromatic heterocycles. The highest BCUT2D eigenvalue weighted by atomic mass is 16.5. The van der Waals surface area contributed by atoms with Crippen LogP contribution in [0.3, 0.4) is 0 Å². The molecule has 0 aliphatic heterocycles. The Hall–Kier alpha value is -2.75. The van der Waals surface area contributed by atoms with Crippen molar-refractivity contribution in [3.8, 4) is 11.5 Å². The van der Waals surface area contributed by atoms with E-state index in [9.17, 15) is 0 Å². The zero-order chi connectivity index (χ0) is 14.5. The number of aromatic nitrogens is 1. The molecule has 4 nitrogen and oxygen atoms in total. The van der Waals surface area contributed by atoms with E-state index < -0.39 is 0 Å². The van der Waals surface area contributed by atoms with E-state index >= 15 is 0 Å². The van der Waals surface area contributed by atoms with Crippen LogP contribution in [0.25, 0.3) is 10.8 Å². The minimum atomic E-state index is 0.468. The summed E-state index contributed by atoms with van der Waals surface area (Å²) in [5.74, 6) is 1.63. The summed E-state index contributed by atoms with van der Waals surface area (Å²) in [6.45, 7) is 0.956. The minimum Gasteiger partial charge on any atom is -0.490 e. The predicted molar refractivity (Wildman–Crippen MR) is 83.6 cm³/mol. The third-order valence-electron chi connectivity index (χ3n) is 3.16. The Morgan fingerprint density at radius 2 is 1.67 bits per heavy atom. The third kappa shape index (κ3) is 3.05. The number of fused-ring (bicyclic) bond motifs is 1. The molecule has 0 amide bonds. The summed E-state index contributed by atoms with van der Waals surface area (Å²) in [5.41, 5.74) is 6.64. The van der Waals surface area contributed by atoms with E-state index in [0.29, 0.717) is 18.9 Å². The number of rotatable bonds is 5. The van der Waals surface area contributed by atoms with Crippen molar-refractivity contribution in [3.63, 3.8) is 0 Å². The molecule has 0 atom stereocenters. The summed E-state index contributed by atoms with van der Waals surface area (Å²) in [7, 11) is 0. The number of ether oxygens (including phenoxy) is 2. The Kier molecular flexibility index (Phi) is 3.87. The third-order valence-corrected chi connectivity index (χ3v) is 3.16. The van der Waals surface area contributed by atoms with Crippen LogP contribution in [0, 0.1) is 0 Å². The van der Waals surface area contributed by atoms with Gasteiger partial charge in [0.1, 0.15) is 24.7 Å². The van der Waals surface area contributed by atoms with Gasteiger partial charge in [-0.3, -0.25) is 4.98 Å². The van der Waals surface area contributed by atoms with Gasteiger partial charge in [-0.05, 0) is 30.3 Å². The first-order valence-electron chi connectivity index (χ1n) is 6.77. The van der Waals surface area contributed by atoms with E-state index in [1.165, 1.54) is 0 Å². The number of pyridine rings is 1. The van der Waals surface area contributed by atoms with E-state index in [0.717, 1.165) is 22.3 Å². The van der Waals surface area contributed by atoms with Gasteiger partial charge in [-0.15, -0.1) is 0 Å². The van der Waals surface area contributed by atoms with Gasteiger partial charge in [-0.1, -0.05) is 18.2 Å². The molecule has 0 aliphatic carbocycles. The van der Waals surface area contributed by atoms with E-state index in [1.807, 2.05) is 48.5 Å². The molecule has 4 heteroatoms. The summed E-state index contributed by atoms with van der Waals surface area (Å²) in [6.07, 6.45) is 3.48. The molecule has 21 heavy (non-hydrogen) atoms. The van der Waals surface area contributed by atoms with Gasteiger partial charge in [0.25, 0.3) is 0 Å². The molecule has 2 aromatic carbocycles.